The molecule has 1 aliphatic rings. The fraction of sp³-hybridized carbons (Fsp3) is 0.583. The third-order valence-corrected chi connectivity index (χ3v) is 3.12. The molecule has 1 rings (SSSR count). The molecule has 0 spiro atoms. The zero-order valence-electron chi connectivity index (χ0n) is 9.89. The van der Waals surface area contributed by atoms with Crippen molar-refractivity contribution < 1.29 is 24.6 Å². The molecule has 1 aliphatic carbocycles. The largest absolute Gasteiger partial charge is 0.550 e. The van der Waals surface area contributed by atoms with E-state index in [1.807, 2.05) is 0 Å². The minimum absolute atomic E-state index is 0.237. The first-order chi connectivity index (χ1) is 8.49. The van der Waals surface area contributed by atoms with E-state index < -0.39 is 17.8 Å². The van der Waals surface area contributed by atoms with Gasteiger partial charge in [0, 0.05) is 18.6 Å². The molecule has 100 valence electrons. The lowest BCUT2D eigenvalue weighted by atomic mass is 9.82. The van der Waals surface area contributed by atoms with Gasteiger partial charge in [-0.3, -0.25) is 4.79 Å². The molecule has 1 amide bonds. The van der Waals surface area contributed by atoms with Crippen LogP contribution in [0.4, 0.5) is 0 Å². The third kappa shape index (κ3) is 4.99. The fourth-order valence-electron chi connectivity index (χ4n) is 2.05. The van der Waals surface area contributed by atoms with Crippen LogP contribution >= 0.6 is 0 Å². The molecule has 0 aromatic carbocycles. The van der Waals surface area contributed by atoms with Crippen LogP contribution in [-0.4, -0.2) is 24.4 Å². The second kappa shape index (κ2) is 6.78. The van der Waals surface area contributed by atoms with Gasteiger partial charge >= 0.3 is 0 Å². The summed E-state index contributed by atoms with van der Waals surface area (Å²) in [6.45, 7) is 0.427. The van der Waals surface area contributed by atoms with Crippen molar-refractivity contribution >= 4 is 17.8 Å². The zero-order valence-corrected chi connectivity index (χ0v) is 9.89. The van der Waals surface area contributed by atoms with Crippen LogP contribution in [-0.2, 0) is 14.4 Å². The van der Waals surface area contributed by atoms with Crippen molar-refractivity contribution in [2.45, 2.75) is 25.7 Å². The molecule has 0 unspecified atom stereocenters. The smallest absolute Gasteiger partial charge is 0.244 e. The summed E-state index contributed by atoms with van der Waals surface area (Å²) < 4.78 is 0. The maximum atomic E-state index is 11.2. The zero-order chi connectivity index (χ0) is 13.5. The van der Waals surface area contributed by atoms with Crippen molar-refractivity contribution in [3.8, 4) is 0 Å². The van der Waals surface area contributed by atoms with E-state index >= 15 is 0 Å². The van der Waals surface area contributed by atoms with E-state index in [2.05, 4.69) is 5.32 Å². The summed E-state index contributed by atoms with van der Waals surface area (Å²) >= 11 is 0. The number of hydrogen-bond donors (Lipinski definition) is 1. The van der Waals surface area contributed by atoms with Crippen molar-refractivity contribution in [3.63, 3.8) is 0 Å². The van der Waals surface area contributed by atoms with Gasteiger partial charge in [0.2, 0.25) is 5.91 Å². The highest BCUT2D eigenvalue weighted by atomic mass is 16.4. The molecule has 1 fully saturated rings. The van der Waals surface area contributed by atoms with Gasteiger partial charge < -0.3 is 25.1 Å². The van der Waals surface area contributed by atoms with E-state index in [9.17, 15) is 24.6 Å². The first-order valence-electron chi connectivity index (χ1n) is 5.86. The highest BCUT2D eigenvalue weighted by Crippen LogP contribution is 2.27. The van der Waals surface area contributed by atoms with E-state index in [1.165, 1.54) is 0 Å². The van der Waals surface area contributed by atoms with Crippen LogP contribution in [0, 0.1) is 11.8 Å². The Balaban J connectivity index is 2.23. The number of nitrogens with one attached hydrogen (secondary N) is 1. The molecule has 1 saturated carbocycles. The highest BCUT2D eigenvalue weighted by Gasteiger charge is 2.21. The Morgan fingerprint density at radius 3 is 2.17 bits per heavy atom. The molecule has 0 aliphatic heterocycles. The van der Waals surface area contributed by atoms with E-state index in [-0.39, 0.29) is 11.8 Å². The van der Waals surface area contributed by atoms with Gasteiger partial charge in [-0.25, -0.2) is 0 Å². The monoisotopic (exact) mass is 253 g/mol. The van der Waals surface area contributed by atoms with Crippen molar-refractivity contribution in [1.29, 1.82) is 0 Å². The molecule has 0 heterocycles. The van der Waals surface area contributed by atoms with Crippen molar-refractivity contribution in [2.75, 3.05) is 6.54 Å². The molecule has 1 N–H and O–H groups in total. The maximum absolute atomic E-state index is 11.2. The number of aliphatic carboxylic acids is 2. The number of rotatable bonds is 5. The summed E-state index contributed by atoms with van der Waals surface area (Å²) in [5.41, 5.74) is 0. The van der Waals surface area contributed by atoms with Gasteiger partial charge in [0.05, 0.1) is 5.97 Å². The number of carbonyl (C=O) groups is 3. The van der Waals surface area contributed by atoms with Crippen LogP contribution in [0.2, 0.25) is 0 Å². The lowest BCUT2D eigenvalue weighted by Crippen LogP contribution is -2.36. The first kappa shape index (κ1) is 14.2. The summed E-state index contributed by atoms with van der Waals surface area (Å²) in [4.78, 5) is 31.9. The van der Waals surface area contributed by atoms with Crippen LogP contribution in [0.1, 0.15) is 25.7 Å². The number of carboxylic acid groups (broad SMARTS) is 2. The average molecular weight is 253 g/mol. The Morgan fingerprint density at radius 2 is 1.67 bits per heavy atom. The molecule has 0 aromatic rings. The Morgan fingerprint density at radius 1 is 1.06 bits per heavy atom. The van der Waals surface area contributed by atoms with E-state index in [0.717, 1.165) is 18.9 Å². The van der Waals surface area contributed by atoms with Crippen molar-refractivity contribution in [3.05, 3.63) is 12.2 Å². The van der Waals surface area contributed by atoms with Crippen molar-refractivity contribution in [1.82, 2.24) is 5.32 Å². The molecule has 0 saturated heterocycles. The average Bonchev–Trinajstić information content (AvgIpc) is 2.34. The molecular formula is C12H15NO5-2. The SMILES string of the molecule is O=C([O-])/C=C/C(=O)NCC1CCC(C(=O)[O-])CC1. The van der Waals surface area contributed by atoms with Gasteiger partial charge in [0.15, 0.2) is 0 Å². The van der Waals surface area contributed by atoms with Gasteiger partial charge in [0.1, 0.15) is 0 Å². The van der Waals surface area contributed by atoms with Gasteiger partial charge in [-0.2, -0.15) is 0 Å². The van der Waals surface area contributed by atoms with Gasteiger partial charge in [-0.1, -0.05) is 0 Å². The van der Waals surface area contributed by atoms with E-state index in [1.54, 1.807) is 0 Å². The molecule has 0 aromatic heterocycles. The standard InChI is InChI=1S/C12H17NO5/c14-10(5-6-11(15)16)13-7-8-1-3-9(4-2-8)12(17)18/h5-6,8-9H,1-4,7H2,(H,13,14)(H,15,16)(H,17,18)/p-2/b6-5+. The van der Waals surface area contributed by atoms with E-state index in [4.69, 9.17) is 0 Å². The molecule has 0 bridgehead atoms. The van der Waals surface area contributed by atoms with Crippen LogP contribution in [0.15, 0.2) is 12.2 Å². The molecule has 0 atom stereocenters. The number of amides is 1. The summed E-state index contributed by atoms with van der Waals surface area (Å²) in [6, 6.07) is 0. The van der Waals surface area contributed by atoms with Gasteiger partial charge in [0.25, 0.3) is 0 Å². The predicted octanol–water partition coefficient (Wildman–Crippen LogP) is -2.03. The predicted molar refractivity (Wildman–Crippen MR) is 57.6 cm³/mol. The molecule has 18 heavy (non-hydrogen) atoms. The number of carbonyl (C=O) groups excluding carboxylic acids is 3. The fourth-order valence-corrected chi connectivity index (χ4v) is 2.05. The van der Waals surface area contributed by atoms with Gasteiger partial charge in [-0.05, 0) is 43.6 Å². The summed E-state index contributed by atoms with van der Waals surface area (Å²) in [6.07, 6.45) is 4.16. The molecule has 6 heteroatoms. The quantitative estimate of drug-likeness (QED) is 0.568. The Bertz CT molecular complexity index is 355. The third-order valence-electron chi connectivity index (χ3n) is 3.12. The minimum Gasteiger partial charge on any atom is -0.550 e. The Labute approximate surface area is 105 Å². The summed E-state index contributed by atoms with van der Waals surface area (Å²) in [7, 11) is 0. The minimum atomic E-state index is -1.42. The lowest BCUT2D eigenvalue weighted by Gasteiger charge is -2.28. The van der Waals surface area contributed by atoms with Crippen LogP contribution in [0.5, 0.6) is 0 Å². The lowest BCUT2D eigenvalue weighted by molar-refractivity contribution is -0.312. The van der Waals surface area contributed by atoms with Crippen molar-refractivity contribution in [2.24, 2.45) is 11.8 Å². The Kier molecular flexibility index (Phi) is 5.35. The van der Waals surface area contributed by atoms with E-state index in [0.29, 0.717) is 25.5 Å². The maximum Gasteiger partial charge on any atom is 0.244 e. The highest BCUT2D eigenvalue weighted by molar-refractivity contribution is 5.93. The molecule has 6 nitrogen and oxygen atoms in total. The first-order valence-corrected chi connectivity index (χ1v) is 5.86. The van der Waals surface area contributed by atoms with Crippen LogP contribution < -0.4 is 15.5 Å². The van der Waals surface area contributed by atoms with Crippen LogP contribution in [0.3, 0.4) is 0 Å². The molecule has 0 radical (unpaired) electrons. The molecular weight excluding hydrogens is 238 g/mol. The number of carboxylic acids is 2. The topological polar surface area (TPSA) is 109 Å². The second-order valence-electron chi connectivity index (χ2n) is 4.43. The normalized spacial score (nSPS) is 23.8. The van der Waals surface area contributed by atoms with Gasteiger partial charge in [-0.15, -0.1) is 0 Å². The second-order valence-corrected chi connectivity index (χ2v) is 4.43. The summed E-state index contributed by atoms with van der Waals surface area (Å²) in [5.74, 6) is -3.05. The summed E-state index contributed by atoms with van der Waals surface area (Å²) in [5, 5.41) is 23.3. The number of hydrogen-bond acceptors (Lipinski definition) is 5. The van der Waals surface area contributed by atoms with Crippen LogP contribution in [0.25, 0.3) is 0 Å². The Hall–Kier alpha value is -1.85.